The van der Waals surface area contributed by atoms with Crippen molar-refractivity contribution in [3.05, 3.63) is 48.3 Å². The van der Waals surface area contributed by atoms with Crippen LogP contribution in [0.5, 0.6) is 0 Å². The van der Waals surface area contributed by atoms with Gasteiger partial charge in [-0.25, -0.2) is 4.68 Å². The Morgan fingerprint density at radius 3 is 2.79 bits per heavy atom. The molecule has 1 aliphatic rings. The Kier molecular flexibility index (Phi) is 7.91. The predicted molar refractivity (Wildman–Crippen MR) is 116 cm³/mol. The first kappa shape index (κ1) is 20.4. The number of hydrogen-bond donors (Lipinski definition) is 2. The third-order valence-corrected chi connectivity index (χ3v) is 5.17. The summed E-state index contributed by atoms with van der Waals surface area (Å²) in [5, 5.41) is 11.1. The van der Waals surface area contributed by atoms with E-state index in [-0.39, 0.29) is 0 Å². The molecule has 1 atom stereocenters. The second-order valence-electron chi connectivity index (χ2n) is 7.47. The van der Waals surface area contributed by atoms with E-state index < -0.39 is 0 Å². The molecule has 1 unspecified atom stereocenters. The summed E-state index contributed by atoms with van der Waals surface area (Å²) in [6.45, 7) is 10.7. The van der Waals surface area contributed by atoms with Crippen molar-refractivity contribution < 1.29 is 0 Å². The summed E-state index contributed by atoms with van der Waals surface area (Å²) in [6.07, 6.45) is 7.24. The zero-order valence-electron chi connectivity index (χ0n) is 17.3. The van der Waals surface area contributed by atoms with Crippen molar-refractivity contribution in [3.8, 4) is 5.69 Å². The van der Waals surface area contributed by atoms with E-state index in [9.17, 15) is 0 Å². The molecule has 152 valence electrons. The maximum atomic E-state index is 4.83. The molecule has 2 aromatic rings. The Morgan fingerprint density at radius 1 is 1.21 bits per heavy atom. The van der Waals surface area contributed by atoms with Gasteiger partial charge in [-0.3, -0.25) is 4.99 Å². The quantitative estimate of drug-likeness (QED) is 0.517. The summed E-state index contributed by atoms with van der Waals surface area (Å²) in [7, 11) is 0. The van der Waals surface area contributed by atoms with Crippen molar-refractivity contribution in [3.63, 3.8) is 0 Å². The molecule has 28 heavy (non-hydrogen) atoms. The van der Waals surface area contributed by atoms with Crippen LogP contribution in [0.1, 0.15) is 32.3 Å². The number of aliphatic imine (C=N–C) groups is 1. The van der Waals surface area contributed by atoms with E-state index in [1.165, 1.54) is 38.0 Å². The van der Waals surface area contributed by atoms with Gasteiger partial charge in [-0.1, -0.05) is 19.1 Å². The van der Waals surface area contributed by atoms with E-state index in [0.717, 1.165) is 37.7 Å². The maximum Gasteiger partial charge on any atom is 0.191 e. The van der Waals surface area contributed by atoms with Gasteiger partial charge in [0.05, 0.1) is 5.69 Å². The first-order chi connectivity index (χ1) is 13.8. The number of likely N-dealkylation sites (tertiary alicyclic amines) is 1. The molecule has 1 aromatic heterocycles. The lowest BCUT2D eigenvalue weighted by Crippen LogP contribution is -2.38. The molecule has 3 rings (SSSR count). The van der Waals surface area contributed by atoms with Crippen LogP contribution >= 0.6 is 0 Å². The highest BCUT2D eigenvalue weighted by Crippen LogP contribution is 2.16. The summed E-state index contributed by atoms with van der Waals surface area (Å²) in [5.74, 6) is 1.63. The van der Waals surface area contributed by atoms with Gasteiger partial charge in [-0.05, 0) is 69.0 Å². The minimum atomic E-state index is 0.692. The Morgan fingerprint density at radius 2 is 2.07 bits per heavy atom. The summed E-state index contributed by atoms with van der Waals surface area (Å²) >= 11 is 0. The van der Waals surface area contributed by atoms with Gasteiger partial charge in [0.25, 0.3) is 0 Å². The highest BCUT2D eigenvalue weighted by molar-refractivity contribution is 5.79. The number of rotatable bonds is 9. The van der Waals surface area contributed by atoms with Gasteiger partial charge in [-0.2, -0.15) is 5.10 Å². The summed E-state index contributed by atoms with van der Waals surface area (Å²) in [4.78, 5) is 7.39. The molecular formula is C22H34N6. The van der Waals surface area contributed by atoms with E-state index >= 15 is 0 Å². The Balaban J connectivity index is 1.44. The molecule has 0 bridgehead atoms. The van der Waals surface area contributed by atoms with Gasteiger partial charge in [0, 0.05) is 38.6 Å². The molecule has 0 aliphatic carbocycles. The van der Waals surface area contributed by atoms with E-state index in [1.54, 1.807) is 6.20 Å². The minimum absolute atomic E-state index is 0.692. The molecule has 0 spiro atoms. The van der Waals surface area contributed by atoms with Crippen LogP contribution in [0, 0.1) is 5.92 Å². The standard InChI is InChI=1S/C22H34N6/c1-3-14-27-16-11-20(18-27)17-25-22(23-4-2)24-13-10-19-6-8-21(9-7-19)28-15-5-12-26-28/h5-9,12,15,20H,3-4,10-11,13-14,16-18H2,1-2H3,(H2,23,24,25). The third-order valence-electron chi connectivity index (χ3n) is 5.17. The Hall–Kier alpha value is -2.34. The van der Waals surface area contributed by atoms with Crippen LogP contribution in [-0.4, -0.2) is 59.9 Å². The van der Waals surface area contributed by atoms with Crippen molar-refractivity contribution in [2.45, 2.75) is 33.1 Å². The monoisotopic (exact) mass is 382 g/mol. The molecule has 1 aliphatic heterocycles. The Labute approximate surface area is 169 Å². The summed E-state index contributed by atoms with van der Waals surface area (Å²) < 4.78 is 1.88. The molecule has 0 saturated carbocycles. The first-order valence-electron chi connectivity index (χ1n) is 10.6. The predicted octanol–water partition coefficient (Wildman–Crippen LogP) is 2.70. The summed E-state index contributed by atoms with van der Waals surface area (Å²) in [6, 6.07) is 10.5. The molecule has 1 aromatic carbocycles. The van der Waals surface area contributed by atoms with Crippen LogP contribution in [0.2, 0.25) is 0 Å². The molecule has 1 saturated heterocycles. The Bertz CT molecular complexity index is 707. The van der Waals surface area contributed by atoms with Gasteiger partial charge in [0.1, 0.15) is 0 Å². The number of nitrogens with zero attached hydrogens (tertiary/aromatic N) is 4. The molecular weight excluding hydrogens is 348 g/mol. The van der Waals surface area contributed by atoms with Gasteiger partial charge in [-0.15, -0.1) is 0 Å². The fraction of sp³-hybridized carbons (Fsp3) is 0.545. The van der Waals surface area contributed by atoms with Crippen molar-refractivity contribution in [1.29, 1.82) is 0 Å². The van der Waals surface area contributed by atoms with Gasteiger partial charge >= 0.3 is 0 Å². The van der Waals surface area contributed by atoms with Crippen LogP contribution in [0.15, 0.2) is 47.7 Å². The lowest BCUT2D eigenvalue weighted by Gasteiger charge is -2.15. The van der Waals surface area contributed by atoms with Gasteiger partial charge in [0.2, 0.25) is 0 Å². The number of guanidine groups is 1. The molecule has 6 nitrogen and oxygen atoms in total. The van der Waals surface area contributed by atoms with Crippen molar-refractivity contribution in [2.24, 2.45) is 10.9 Å². The summed E-state index contributed by atoms with van der Waals surface area (Å²) in [5.41, 5.74) is 2.40. The highest BCUT2D eigenvalue weighted by Gasteiger charge is 2.21. The number of nitrogens with one attached hydrogen (secondary N) is 2. The van der Waals surface area contributed by atoms with Gasteiger partial charge < -0.3 is 15.5 Å². The topological polar surface area (TPSA) is 57.5 Å². The SMILES string of the molecule is CCCN1CCC(CN=C(NCC)NCCc2ccc(-n3cccn3)cc2)C1. The second kappa shape index (κ2) is 10.9. The smallest absolute Gasteiger partial charge is 0.191 e. The molecule has 2 heterocycles. The highest BCUT2D eigenvalue weighted by atomic mass is 15.3. The van der Waals surface area contributed by atoms with Crippen molar-refractivity contribution in [2.75, 3.05) is 39.3 Å². The average molecular weight is 383 g/mol. The third kappa shape index (κ3) is 6.09. The molecule has 2 N–H and O–H groups in total. The molecule has 1 fully saturated rings. The van der Waals surface area contributed by atoms with E-state index in [1.807, 2.05) is 16.9 Å². The minimum Gasteiger partial charge on any atom is -0.357 e. The van der Waals surface area contributed by atoms with Crippen molar-refractivity contribution >= 4 is 5.96 Å². The lowest BCUT2D eigenvalue weighted by molar-refractivity contribution is 0.326. The number of hydrogen-bond acceptors (Lipinski definition) is 3. The average Bonchev–Trinajstić information content (AvgIpc) is 3.39. The number of benzene rings is 1. The fourth-order valence-corrected chi connectivity index (χ4v) is 3.71. The maximum absolute atomic E-state index is 4.83. The second-order valence-corrected chi connectivity index (χ2v) is 7.47. The zero-order chi connectivity index (χ0) is 19.6. The van der Waals surface area contributed by atoms with E-state index in [2.05, 4.69) is 58.7 Å². The normalized spacial score (nSPS) is 17.8. The van der Waals surface area contributed by atoms with Crippen LogP contribution < -0.4 is 10.6 Å². The molecule has 0 radical (unpaired) electrons. The van der Waals surface area contributed by atoms with Crippen LogP contribution in [-0.2, 0) is 6.42 Å². The lowest BCUT2D eigenvalue weighted by atomic mass is 10.1. The molecule has 6 heteroatoms. The van der Waals surface area contributed by atoms with Crippen LogP contribution in [0.25, 0.3) is 5.69 Å². The van der Waals surface area contributed by atoms with Crippen molar-refractivity contribution in [1.82, 2.24) is 25.3 Å². The molecule has 0 amide bonds. The van der Waals surface area contributed by atoms with Gasteiger partial charge in [0.15, 0.2) is 5.96 Å². The number of aromatic nitrogens is 2. The fourth-order valence-electron chi connectivity index (χ4n) is 3.71. The van der Waals surface area contributed by atoms with E-state index in [4.69, 9.17) is 4.99 Å². The van der Waals surface area contributed by atoms with E-state index in [0.29, 0.717) is 5.92 Å². The first-order valence-corrected chi connectivity index (χ1v) is 10.6. The van der Waals surface area contributed by atoms with Crippen LogP contribution in [0.3, 0.4) is 0 Å². The largest absolute Gasteiger partial charge is 0.357 e. The zero-order valence-corrected chi connectivity index (χ0v) is 17.3. The van der Waals surface area contributed by atoms with Crippen LogP contribution in [0.4, 0.5) is 0 Å².